The van der Waals surface area contributed by atoms with Gasteiger partial charge in [-0.25, -0.2) is 0 Å². The second-order valence-corrected chi connectivity index (χ2v) is 18.4. The van der Waals surface area contributed by atoms with Crippen LogP contribution in [0.1, 0.15) is 226 Å². The van der Waals surface area contributed by atoms with Crippen LogP contribution in [0.15, 0.2) is 158 Å². The Kier molecular flexibility index (Phi) is 55.5. The fourth-order valence-electron chi connectivity index (χ4n) is 7.25. The van der Waals surface area contributed by atoms with Crippen LogP contribution in [0, 0.1) is 0 Å². The SMILES string of the molecule is CC/C=C\C/C=C\C/C=C\C/C=C\C/C=C\C/C=C\C/C=C\C/C=C\C/C=C\C/C=C\CCCCC(=O)OCC(COC(=O)CCCCCCC)OC(=O)CCCCCCCCC/C=C\C/C=C\C/C=C\CC. The number of hydrogen-bond acceptors (Lipinski definition) is 6. The molecule has 0 aromatic rings. The lowest BCUT2D eigenvalue weighted by Crippen LogP contribution is -2.30. The van der Waals surface area contributed by atoms with Crippen LogP contribution in [0.25, 0.3) is 0 Å². The summed E-state index contributed by atoms with van der Waals surface area (Å²) < 4.78 is 16.7. The minimum atomic E-state index is -0.804. The summed E-state index contributed by atoms with van der Waals surface area (Å²) in [5.74, 6) is -0.982. The van der Waals surface area contributed by atoms with Crippen molar-refractivity contribution in [1.82, 2.24) is 0 Å². The summed E-state index contributed by atoms with van der Waals surface area (Å²) in [6.07, 6.45) is 87.1. The average molecular weight is 1010 g/mol. The van der Waals surface area contributed by atoms with Gasteiger partial charge in [0.25, 0.3) is 0 Å². The maximum atomic E-state index is 12.8. The van der Waals surface area contributed by atoms with Crippen molar-refractivity contribution in [2.75, 3.05) is 13.2 Å². The first-order chi connectivity index (χ1) is 36.0. The zero-order valence-electron chi connectivity index (χ0n) is 46.6. The molecular weight excluding hydrogens is 901 g/mol. The number of carbonyl (C=O) groups excluding carboxylic acids is 3. The first-order valence-corrected chi connectivity index (χ1v) is 29.0. The number of unbranched alkanes of at least 4 members (excludes halogenated alkanes) is 13. The highest BCUT2D eigenvalue weighted by Gasteiger charge is 2.19. The topological polar surface area (TPSA) is 78.9 Å². The molecule has 0 fully saturated rings. The summed E-state index contributed by atoms with van der Waals surface area (Å²) in [7, 11) is 0. The van der Waals surface area contributed by atoms with Crippen LogP contribution in [0.4, 0.5) is 0 Å². The number of carbonyl (C=O) groups is 3. The normalized spacial score (nSPS) is 13.3. The van der Waals surface area contributed by atoms with E-state index < -0.39 is 6.10 Å². The number of hydrogen-bond donors (Lipinski definition) is 0. The smallest absolute Gasteiger partial charge is 0.306 e. The number of esters is 3. The van der Waals surface area contributed by atoms with E-state index in [9.17, 15) is 14.4 Å². The summed E-state index contributed by atoms with van der Waals surface area (Å²) in [6.45, 7) is 6.26. The zero-order valence-corrected chi connectivity index (χ0v) is 46.6. The van der Waals surface area contributed by atoms with Crippen LogP contribution in [0.3, 0.4) is 0 Å². The monoisotopic (exact) mass is 1000 g/mol. The van der Waals surface area contributed by atoms with Gasteiger partial charge in [-0.3, -0.25) is 14.4 Å². The van der Waals surface area contributed by atoms with Crippen molar-refractivity contribution >= 4 is 17.9 Å². The van der Waals surface area contributed by atoms with Gasteiger partial charge >= 0.3 is 17.9 Å². The summed E-state index contributed by atoms with van der Waals surface area (Å²) >= 11 is 0. The van der Waals surface area contributed by atoms with Crippen LogP contribution in [0.2, 0.25) is 0 Å². The first kappa shape index (κ1) is 68.0. The van der Waals surface area contributed by atoms with E-state index in [4.69, 9.17) is 14.2 Å². The fraction of sp³-hybridized carbons (Fsp3) is 0.567. The van der Waals surface area contributed by atoms with Crippen molar-refractivity contribution in [2.45, 2.75) is 232 Å². The van der Waals surface area contributed by atoms with Gasteiger partial charge in [-0.2, -0.15) is 0 Å². The number of ether oxygens (including phenoxy) is 3. The van der Waals surface area contributed by atoms with E-state index in [1.807, 2.05) is 0 Å². The molecule has 6 heteroatoms. The third-order valence-corrected chi connectivity index (χ3v) is 11.5. The molecule has 73 heavy (non-hydrogen) atoms. The Hall–Kier alpha value is -4.97. The molecular formula is C67H104O6. The van der Waals surface area contributed by atoms with Gasteiger partial charge in [0.05, 0.1) is 0 Å². The lowest BCUT2D eigenvalue weighted by Gasteiger charge is -2.18. The molecule has 0 radical (unpaired) electrons. The van der Waals surface area contributed by atoms with Crippen LogP contribution in [0.5, 0.6) is 0 Å². The third-order valence-electron chi connectivity index (χ3n) is 11.5. The Morgan fingerprint density at radius 1 is 0.288 bits per heavy atom. The van der Waals surface area contributed by atoms with Crippen molar-refractivity contribution in [3.8, 4) is 0 Å². The highest BCUT2D eigenvalue weighted by atomic mass is 16.6. The predicted octanol–water partition coefficient (Wildman–Crippen LogP) is 19.8. The van der Waals surface area contributed by atoms with Crippen molar-refractivity contribution in [2.24, 2.45) is 0 Å². The molecule has 0 bridgehead atoms. The van der Waals surface area contributed by atoms with Gasteiger partial charge in [-0.05, 0) is 128 Å². The standard InChI is InChI=1S/C67H104O6/c1-4-7-10-13-15-17-19-21-23-25-26-27-28-29-30-31-32-33-34-35-36-37-38-39-40-42-43-45-47-49-51-54-57-60-66(69)72-63-64(62-71-65(68)59-56-53-12-9-6-3)73-67(70)61-58-55-52-50-48-46-44-41-24-22-20-18-16-14-11-8-5-2/h7-8,10-11,15-18,21-24,26-27,29-30,32-33,35-36,38-39,42-43,47,49,64H,4-6,9,12-14,19-20,25,28,31,34,37,40-41,44-46,48,50-63H2,1-3H3/b10-7-,11-8-,17-15-,18-16-,23-21-,24-22-,27-26-,30-29-,33-32-,36-35-,39-38-,43-42-,49-47-. The van der Waals surface area contributed by atoms with Crippen LogP contribution in [-0.2, 0) is 28.6 Å². The van der Waals surface area contributed by atoms with Gasteiger partial charge in [0.15, 0.2) is 6.10 Å². The molecule has 0 aliphatic heterocycles. The van der Waals surface area contributed by atoms with E-state index >= 15 is 0 Å². The highest BCUT2D eigenvalue weighted by Crippen LogP contribution is 2.13. The Labute approximate surface area is 448 Å². The van der Waals surface area contributed by atoms with Crippen LogP contribution >= 0.6 is 0 Å². The maximum Gasteiger partial charge on any atom is 0.306 e. The van der Waals surface area contributed by atoms with Crippen molar-refractivity contribution in [3.05, 3.63) is 158 Å². The van der Waals surface area contributed by atoms with Crippen molar-refractivity contribution in [3.63, 3.8) is 0 Å². The second-order valence-electron chi connectivity index (χ2n) is 18.4. The Bertz CT molecular complexity index is 1670. The first-order valence-electron chi connectivity index (χ1n) is 29.0. The van der Waals surface area contributed by atoms with Crippen LogP contribution in [-0.4, -0.2) is 37.2 Å². The fourth-order valence-corrected chi connectivity index (χ4v) is 7.25. The van der Waals surface area contributed by atoms with E-state index in [0.29, 0.717) is 25.7 Å². The quantitative estimate of drug-likeness (QED) is 0.0261. The van der Waals surface area contributed by atoms with Gasteiger partial charge in [-0.1, -0.05) is 237 Å². The number of allylic oxidation sites excluding steroid dienone is 26. The minimum Gasteiger partial charge on any atom is -0.462 e. The molecule has 0 spiro atoms. The highest BCUT2D eigenvalue weighted by molar-refractivity contribution is 5.71. The molecule has 0 aliphatic carbocycles. The van der Waals surface area contributed by atoms with Crippen LogP contribution < -0.4 is 0 Å². The van der Waals surface area contributed by atoms with E-state index in [2.05, 4.69) is 179 Å². The molecule has 408 valence electrons. The molecule has 0 saturated heterocycles. The molecule has 1 atom stereocenters. The second kappa shape index (κ2) is 59.6. The molecule has 6 nitrogen and oxygen atoms in total. The van der Waals surface area contributed by atoms with E-state index in [1.165, 1.54) is 25.7 Å². The Morgan fingerprint density at radius 3 is 0.863 bits per heavy atom. The van der Waals surface area contributed by atoms with Gasteiger partial charge in [-0.15, -0.1) is 0 Å². The Balaban J connectivity index is 4.21. The molecule has 1 unspecified atom stereocenters. The van der Waals surface area contributed by atoms with Gasteiger partial charge in [0.1, 0.15) is 13.2 Å². The summed E-state index contributed by atoms with van der Waals surface area (Å²) in [4.78, 5) is 37.8. The predicted molar refractivity (Wildman–Crippen MR) is 315 cm³/mol. The summed E-state index contributed by atoms with van der Waals surface area (Å²) in [5.41, 5.74) is 0. The molecule has 0 amide bonds. The minimum absolute atomic E-state index is 0.103. The van der Waals surface area contributed by atoms with Gasteiger partial charge < -0.3 is 14.2 Å². The van der Waals surface area contributed by atoms with Crippen molar-refractivity contribution < 1.29 is 28.6 Å². The maximum absolute atomic E-state index is 12.8. The lowest BCUT2D eigenvalue weighted by atomic mass is 10.1. The number of rotatable bonds is 50. The van der Waals surface area contributed by atoms with E-state index in [0.717, 1.165) is 154 Å². The largest absolute Gasteiger partial charge is 0.462 e. The summed E-state index contributed by atoms with van der Waals surface area (Å²) in [6, 6.07) is 0. The van der Waals surface area contributed by atoms with Gasteiger partial charge in [0.2, 0.25) is 0 Å². The zero-order chi connectivity index (χ0) is 52.9. The molecule has 0 N–H and O–H groups in total. The summed E-state index contributed by atoms with van der Waals surface area (Å²) in [5, 5.41) is 0. The third kappa shape index (κ3) is 57.8. The van der Waals surface area contributed by atoms with Gasteiger partial charge in [0, 0.05) is 19.3 Å². The Morgan fingerprint density at radius 2 is 0.534 bits per heavy atom. The molecule has 0 aliphatic rings. The molecule has 0 heterocycles. The van der Waals surface area contributed by atoms with Crippen molar-refractivity contribution in [1.29, 1.82) is 0 Å². The van der Waals surface area contributed by atoms with E-state index in [-0.39, 0.29) is 31.1 Å². The molecule has 0 saturated carbocycles. The lowest BCUT2D eigenvalue weighted by molar-refractivity contribution is -0.167. The van der Waals surface area contributed by atoms with E-state index in [1.54, 1.807) is 0 Å². The molecule has 0 aromatic carbocycles. The molecule has 0 rings (SSSR count). The average Bonchev–Trinajstić information content (AvgIpc) is 3.39. The molecule has 0 aromatic heterocycles.